The van der Waals surface area contributed by atoms with Crippen LogP contribution in [0.1, 0.15) is 59.9 Å². The molecule has 6 nitrogen and oxygen atoms in total. The van der Waals surface area contributed by atoms with Crippen molar-refractivity contribution < 1.29 is 23.8 Å². The lowest BCUT2D eigenvalue weighted by Gasteiger charge is -2.53. The molecule has 120 valence electrons. The molecule has 0 bridgehead atoms. The Morgan fingerprint density at radius 3 is 2.77 bits per heavy atom. The summed E-state index contributed by atoms with van der Waals surface area (Å²) < 4.78 is 10.9. The van der Waals surface area contributed by atoms with Crippen LogP contribution in [0.2, 0.25) is 0 Å². The molecule has 2 fully saturated rings. The van der Waals surface area contributed by atoms with Crippen molar-refractivity contribution in [2.45, 2.75) is 51.2 Å². The molecule has 1 spiro atoms. The largest absolute Gasteiger partial charge is 0.478 e. The highest BCUT2D eigenvalue weighted by Gasteiger charge is 2.57. The van der Waals surface area contributed by atoms with Crippen molar-refractivity contribution in [1.82, 2.24) is 5.32 Å². The van der Waals surface area contributed by atoms with Gasteiger partial charge in [-0.05, 0) is 26.2 Å². The molecule has 2 atom stereocenters. The van der Waals surface area contributed by atoms with Crippen molar-refractivity contribution in [1.29, 1.82) is 0 Å². The Balaban J connectivity index is 1.67. The van der Waals surface area contributed by atoms with Gasteiger partial charge in [-0.25, -0.2) is 4.79 Å². The first-order valence-corrected chi connectivity index (χ1v) is 7.81. The Morgan fingerprint density at radius 2 is 2.18 bits per heavy atom. The van der Waals surface area contributed by atoms with E-state index in [0.29, 0.717) is 6.61 Å². The number of nitrogens with one attached hydrogen (secondary N) is 1. The molecule has 0 aromatic carbocycles. The van der Waals surface area contributed by atoms with Crippen LogP contribution in [-0.4, -0.2) is 35.7 Å². The van der Waals surface area contributed by atoms with Crippen LogP contribution < -0.4 is 5.32 Å². The van der Waals surface area contributed by atoms with Gasteiger partial charge in [0.2, 0.25) is 0 Å². The second kappa shape index (κ2) is 5.76. The monoisotopic (exact) mass is 307 g/mol. The molecule has 1 amide bonds. The molecule has 1 aromatic heterocycles. The molecule has 1 heterocycles. The fourth-order valence-electron chi connectivity index (χ4n) is 3.89. The molecular weight excluding hydrogens is 286 g/mol. The molecule has 0 saturated heterocycles. The predicted molar refractivity (Wildman–Crippen MR) is 77.9 cm³/mol. The Morgan fingerprint density at radius 1 is 1.45 bits per heavy atom. The number of aromatic carboxylic acids is 1. The summed E-state index contributed by atoms with van der Waals surface area (Å²) in [5, 5.41) is 11.9. The number of carbonyl (C=O) groups is 2. The zero-order valence-electron chi connectivity index (χ0n) is 12.6. The fraction of sp³-hybridized carbons (Fsp3) is 0.625. The van der Waals surface area contributed by atoms with Crippen molar-refractivity contribution in [3.63, 3.8) is 0 Å². The molecule has 3 rings (SSSR count). The minimum atomic E-state index is -1.10. The van der Waals surface area contributed by atoms with E-state index in [4.69, 9.17) is 14.3 Å². The van der Waals surface area contributed by atoms with Gasteiger partial charge in [0.25, 0.3) is 5.91 Å². The van der Waals surface area contributed by atoms with Gasteiger partial charge in [0.05, 0.1) is 11.7 Å². The van der Waals surface area contributed by atoms with Gasteiger partial charge in [-0.3, -0.25) is 4.79 Å². The summed E-state index contributed by atoms with van der Waals surface area (Å²) >= 11 is 0. The van der Waals surface area contributed by atoms with E-state index in [9.17, 15) is 9.59 Å². The average molecular weight is 307 g/mol. The van der Waals surface area contributed by atoms with E-state index < -0.39 is 5.97 Å². The van der Waals surface area contributed by atoms with Crippen molar-refractivity contribution >= 4 is 11.9 Å². The van der Waals surface area contributed by atoms with E-state index in [2.05, 4.69) is 5.32 Å². The molecule has 2 saturated carbocycles. The van der Waals surface area contributed by atoms with Gasteiger partial charge >= 0.3 is 5.97 Å². The summed E-state index contributed by atoms with van der Waals surface area (Å²) in [6.07, 6.45) is 6.59. The zero-order valence-corrected chi connectivity index (χ0v) is 12.6. The first-order chi connectivity index (χ1) is 10.6. The number of furan rings is 1. The van der Waals surface area contributed by atoms with Gasteiger partial charge < -0.3 is 19.6 Å². The summed E-state index contributed by atoms with van der Waals surface area (Å²) in [5.41, 5.74) is 0.0370. The Bertz CT molecular complexity index is 573. The van der Waals surface area contributed by atoms with Crippen LogP contribution in [0.25, 0.3) is 0 Å². The maximum Gasteiger partial charge on any atom is 0.338 e. The number of carboxylic acids is 1. The second-order valence-corrected chi connectivity index (χ2v) is 6.15. The lowest BCUT2D eigenvalue weighted by molar-refractivity contribution is -0.127. The van der Waals surface area contributed by atoms with E-state index in [1.807, 2.05) is 6.92 Å². The molecule has 6 heteroatoms. The van der Waals surface area contributed by atoms with Crippen LogP contribution in [0, 0.1) is 5.41 Å². The highest BCUT2D eigenvalue weighted by atomic mass is 16.5. The lowest BCUT2D eigenvalue weighted by atomic mass is 9.60. The van der Waals surface area contributed by atoms with Crippen molar-refractivity contribution in [2.24, 2.45) is 5.41 Å². The van der Waals surface area contributed by atoms with Crippen LogP contribution in [0.15, 0.2) is 16.7 Å². The van der Waals surface area contributed by atoms with Gasteiger partial charge in [-0.1, -0.05) is 12.8 Å². The molecule has 2 aliphatic rings. The van der Waals surface area contributed by atoms with E-state index in [0.717, 1.165) is 25.5 Å². The van der Waals surface area contributed by atoms with E-state index in [1.165, 1.54) is 18.9 Å². The maximum absolute atomic E-state index is 12.2. The van der Waals surface area contributed by atoms with Crippen molar-refractivity contribution in [2.75, 3.05) is 6.61 Å². The normalized spacial score (nSPS) is 25.9. The number of hydrogen-bond donors (Lipinski definition) is 2. The number of ether oxygens (including phenoxy) is 1. The molecule has 1 aromatic rings. The van der Waals surface area contributed by atoms with Crippen LogP contribution in [0.3, 0.4) is 0 Å². The average Bonchev–Trinajstić information content (AvgIpc) is 3.16. The Hall–Kier alpha value is -1.82. The topological polar surface area (TPSA) is 88.8 Å². The number of carboxylic acid groups (broad SMARTS) is 1. The first-order valence-electron chi connectivity index (χ1n) is 7.81. The van der Waals surface area contributed by atoms with Crippen molar-refractivity contribution in [3.8, 4) is 0 Å². The van der Waals surface area contributed by atoms with E-state index in [-0.39, 0.29) is 34.8 Å². The van der Waals surface area contributed by atoms with E-state index in [1.54, 1.807) is 0 Å². The summed E-state index contributed by atoms with van der Waals surface area (Å²) in [6.45, 7) is 2.68. The number of rotatable bonds is 5. The van der Waals surface area contributed by atoms with Crippen LogP contribution >= 0.6 is 0 Å². The van der Waals surface area contributed by atoms with Gasteiger partial charge in [0.1, 0.15) is 6.26 Å². The number of amides is 1. The maximum atomic E-state index is 12.2. The third-order valence-electron chi connectivity index (χ3n) is 5.06. The molecule has 2 unspecified atom stereocenters. The van der Waals surface area contributed by atoms with Crippen LogP contribution in [-0.2, 0) is 4.74 Å². The minimum Gasteiger partial charge on any atom is -0.478 e. The summed E-state index contributed by atoms with van der Waals surface area (Å²) in [5.74, 6) is -1.40. The summed E-state index contributed by atoms with van der Waals surface area (Å²) in [6, 6.07) is 1.34. The van der Waals surface area contributed by atoms with Crippen LogP contribution in [0.4, 0.5) is 0 Å². The number of hydrogen-bond acceptors (Lipinski definition) is 4. The third kappa shape index (κ3) is 2.41. The van der Waals surface area contributed by atoms with Crippen molar-refractivity contribution in [3.05, 3.63) is 23.7 Å². The summed E-state index contributed by atoms with van der Waals surface area (Å²) in [7, 11) is 0. The highest BCUT2D eigenvalue weighted by Crippen LogP contribution is 2.54. The predicted octanol–water partition coefficient (Wildman–Crippen LogP) is 2.45. The third-order valence-corrected chi connectivity index (χ3v) is 5.06. The highest BCUT2D eigenvalue weighted by molar-refractivity contribution is 5.95. The minimum absolute atomic E-state index is 0.0125. The quantitative estimate of drug-likeness (QED) is 0.872. The molecule has 2 N–H and O–H groups in total. The van der Waals surface area contributed by atoms with Gasteiger partial charge in [0.15, 0.2) is 5.76 Å². The van der Waals surface area contributed by atoms with Gasteiger partial charge in [-0.2, -0.15) is 0 Å². The molecule has 0 radical (unpaired) electrons. The smallest absolute Gasteiger partial charge is 0.338 e. The Labute approximate surface area is 128 Å². The summed E-state index contributed by atoms with van der Waals surface area (Å²) in [4.78, 5) is 23.1. The second-order valence-electron chi connectivity index (χ2n) is 6.15. The standard InChI is InChI=1S/C16H21NO5/c1-2-21-13-8-12(16(13)5-3-4-6-16)17-14(18)11-7-10(9-22-11)15(19)20/h7,9,12-13H,2-6,8H2,1H3,(H,17,18)(H,19,20). The molecule has 2 aliphatic carbocycles. The van der Waals surface area contributed by atoms with Crippen LogP contribution in [0.5, 0.6) is 0 Å². The molecular formula is C16H21NO5. The Kier molecular flexibility index (Phi) is 3.95. The van der Waals surface area contributed by atoms with Gasteiger partial charge in [-0.15, -0.1) is 0 Å². The van der Waals surface area contributed by atoms with E-state index >= 15 is 0 Å². The lowest BCUT2D eigenvalue weighted by Crippen LogP contribution is -2.63. The van der Waals surface area contributed by atoms with Gasteiger partial charge in [0, 0.05) is 24.1 Å². The fourth-order valence-corrected chi connectivity index (χ4v) is 3.89. The molecule has 0 aliphatic heterocycles. The SMILES string of the molecule is CCOC1CC(NC(=O)c2cc(C(=O)O)co2)C12CCCC2. The molecule has 22 heavy (non-hydrogen) atoms. The number of carbonyl (C=O) groups excluding carboxylic acids is 1. The zero-order chi connectivity index (χ0) is 15.7. The first kappa shape index (κ1) is 15.1.